The molecule has 0 atom stereocenters. The van der Waals surface area contributed by atoms with Crippen molar-refractivity contribution in [2.75, 3.05) is 24.7 Å². The molecule has 0 unspecified atom stereocenters. The molecule has 0 saturated heterocycles. The first kappa shape index (κ1) is 16.8. The van der Waals surface area contributed by atoms with Crippen molar-refractivity contribution in [1.82, 2.24) is 4.72 Å². The average Bonchev–Trinajstić information content (AvgIpc) is 2.36. The Morgan fingerprint density at radius 1 is 1.14 bits per heavy atom. The molecule has 1 aromatic carbocycles. The first-order valence-electron chi connectivity index (χ1n) is 5.82. The van der Waals surface area contributed by atoms with Crippen molar-refractivity contribution in [3.63, 3.8) is 0 Å². The lowest BCUT2D eigenvalue weighted by Gasteiger charge is -2.07. The van der Waals surface area contributed by atoms with Crippen LogP contribution in [0.15, 0.2) is 18.2 Å². The van der Waals surface area contributed by atoms with Gasteiger partial charge in [-0.25, -0.2) is 13.1 Å². The van der Waals surface area contributed by atoms with E-state index in [0.29, 0.717) is 6.42 Å². The van der Waals surface area contributed by atoms with Crippen molar-refractivity contribution >= 4 is 27.1 Å². The summed E-state index contributed by atoms with van der Waals surface area (Å²) in [6.45, 7) is 0.466. The number of nitrogens with one attached hydrogen (secondary N) is 2. The van der Waals surface area contributed by atoms with Crippen LogP contribution in [0.3, 0.4) is 0 Å². The van der Waals surface area contributed by atoms with Crippen molar-refractivity contribution in [2.24, 2.45) is 0 Å². The van der Waals surface area contributed by atoms with Gasteiger partial charge in [0.2, 0.25) is 10.0 Å². The molecule has 11 heteroatoms. The van der Waals surface area contributed by atoms with Crippen LogP contribution in [0.1, 0.15) is 6.42 Å². The van der Waals surface area contributed by atoms with E-state index in [2.05, 4.69) is 10.0 Å². The quantitative estimate of drug-likeness (QED) is 0.410. The predicted molar refractivity (Wildman–Crippen MR) is 75.7 cm³/mol. The molecule has 0 aliphatic rings. The number of rotatable bonds is 8. The van der Waals surface area contributed by atoms with Gasteiger partial charge in [-0.1, -0.05) is 0 Å². The van der Waals surface area contributed by atoms with Gasteiger partial charge in [-0.05, 0) is 12.5 Å². The minimum Gasteiger partial charge on any atom is -0.379 e. The lowest BCUT2D eigenvalue weighted by atomic mass is 10.2. The van der Waals surface area contributed by atoms with Crippen LogP contribution in [0.4, 0.5) is 17.1 Å². The summed E-state index contributed by atoms with van der Waals surface area (Å²) in [6.07, 6.45) is 1.43. The number of non-ortho nitro benzene ring substituents is 1. The highest BCUT2D eigenvalue weighted by Crippen LogP contribution is 2.28. The van der Waals surface area contributed by atoms with Crippen LogP contribution in [-0.2, 0) is 10.0 Å². The molecule has 0 heterocycles. The van der Waals surface area contributed by atoms with E-state index in [1.807, 2.05) is 0 Å². The van der Waals surface area contributed by atoms with Crippen molar-refractivity contribution < 1.29 is 18.3 Å². The minimum atomic E-state index is -3.27. The second kappa shape index (κ2) is 6.95. The fourth-order valence-electron chi connectivity index (χ4n) is 1.50. The summed E-state index contributed by atoms with van der Waals surface area (Å²) in [5, 5.41) is 24.2. The molecule has 0 aliphatic carbocycles. The third-order valence-electron chi connectivity index (χ3n) is 2.42. The molecule has 0 amide bonds. The van der Waals surface area contributed by atoms with E-state index in [1.165, 1.54) is 6.07 Å². The lowest BCUT2D eigenvalue weighted by molar-refractivity contribution is -0.393. The number of nitro groups is 2. The van der Waals surface area contributed by atoms with Gasteiger partial charge >= 0.3 is 0 Å². The molecule has 2 N–H and O–H groups in total. The maximum atomic E-state index is 10.9. The van der Waals surface area contributed by atoms with Gasteiger partial charge in [0.05, 0.1) is 22.2 Å². The second-order valence-electron chi connectivity index (χ2n) is 4.16. The molecule has 0 fully saturated rings. The standard InChI is InChI=1S/C10H14N4O6S/c1-21(19,20)12-6-2-5-11-9-4-3-8(13(15)16)7-10(9)14(17)18/h3-4,7,11-12H,2,5-6H2,1H3. The maximum absolute atomic E-state index is 10.9. The van der Waals surface area contributed by atoms with Crippen LogP contribution < -0.4 is 10.0 Å². The van der Waals surface area contributed by atoms with Crippen LogP contribution in [0.25, 0.3) is 0 Å². The Morgan fingerprint density at radius 3 is 2.33 bits per heavy atom. The minimum absolute atomic E-state index is 0.143. The molecule has 0 spiro atoms. The van der Waals surface area contributed by atoms with Crippen molar-refractivity contribution in [2.45, 2.75) is 6.42 Å². The summed E-state index contributed by atoms with van der Waals surface area (Å²) in [7, 11) is -3.27. The van der Waals surface area contributed by atoms with Gasteiger partial charge in [-0.2, -0.15) is 0 Å². The lowest BCUT2D eigenvalue weighted by Crippen LogP contribution is -2.24. The summed E-state index contributed by atoms with van der Waals surface area (Å²) < 4.78 is 23.9. The molecule has 0 aliphatic heterocycles. The van der Waals surface area contributed by atoms with E-state index in [-0.39, 0.29) is 24.5 Å². The molecular formula is C10H14N4O6S. The normalized spacial score (nSPS) is 11.1. The van der Waals surface area contributed by atoms with Crippen LogP contribution in [0.2, 0.25) is 0 Å². The van der Waals surface area contributed by atoms with Gasteiger partial charge in [-0.3, -0.25) is 20.2 Å². The van der Waals surface area contributed by atoms with Gasteiger partial charge in [0, 0.05) is 19.2 Å². The third-order valence-corrected chi connectivity index (χ3v) is 3.15. The molecule has 1 aromatic rings. The van der Waals surface area contributed by atoms with E-state index in [4.69, 9.17) is 0 Å². The van der Waals surface area contributed by atoms with Crippen molar-refractivity contribution in [1.29, 1.82) is 0 Å². The molecule has 0 radical (unpaired) electrons. The summed E-state index contributed by atoms with van der Waals surface area (Å²) in [5.41, 5.74) is -0.628. The Balaban J connectivity index is 2.66. The zero-order valence-corrected chi connectivity index (χ0v) is 11.9. The average molecular weight is 318 g/mol. The molecule has 0 aromatic heterocycles. The third kappa shape index (κ3) is 5.71. The number of anilines is 1. The molecule has 0 saturated carbocycles. The van der Waals surface area contributed by atoms with Crippen LogP contribution in [0, 0.1) is 20.2 Å². The first-order valence-corrected chi connectivity index (χ1v) is 7.71. The van der Waals surface area contributed by atoms with Gasteiger partial charge in [0.25, 0.3) is 11.4 Å². The van der Waals surface area contributed by atoms with E-state index >= 15 is 0 Å². The number of benzene rings is 1. The largest absolute Gasteiger partial charge is 0.379 e. The fourth-order valence-corrected chi connectivity index (χ4v) is 2.02. The van der Waals surface area contributed by atoms with E-state index in [1.54, 1.807) is 0 Å². The molecule has 21 heavy (non-hydrogen) atoms. The molecule has 0 bridgehead atoms. The zero-order valence-electron chi connectivity index (χ0n) is 11.1. The Morgan fingerprint density at radius 2 is 1.81 bits per heavy atom. The summed E-state index contributed by atoms with van der Waals surface area (Å²) in [4.78, 5) is 20.0. The SMILES string of the molecule is CS(=O)(=O)NCCCNc1ccc([N+](=O)[O-])cc1[N+](=O)[O-]. The second-order valence-corrected chi connectivity index (χ2v) is 6.00. The topological polar surface area (TPSA) is 144 Å². The summed E-state index contributed by atoms with van der Waals surface area (Å²) in [6, 6.07) is 3.28. The molecule has 1 rings (SSSR count). The number of sulfonamides is 1. The van der Waals surface area contributed by atoms with Crippen molar-refractivity contribution in [3.05, 3.63) is 38.4 Å². The zero-order chi connectivity index (χ0) is 16.0. The summed E-state index contributed by atoms with van der Waals surface area (Å²) in [5.74, 6) is 0. The van der Waals surface area contributed by atoms with Gasteiger partial charge in [0.15, 0.2) is 0 Å². The van der Waals surface area contributed by atoms with Gasteiger partial charge in [-0.15, -0.1) is 0 Å². The monoisotopic (exact) mass is 318 g/mol. The van der Waals surface area contributed by atoms with Crippen LogP contribution in [-0.4, -0.2) is 37.6 Å². The number of hydrogen-bond acceptors (Lipinski definition) is 7. The van der Waals surface area contributed by atoms with Crippen LogP contribution >= 0.6 is 0 Å². The van der Waals surface area contributed by atoms with E-state index in [0.717, 1.165) is 18.4 Å². The van der Waals surface area contributed by atoms with E-state index in [9.17, 15) is 28.6 Å². The Kier molecular flexibility index (Phi) is 5.55. The highest BCUT2D eigenvalue weighted by atomic mass is 32.2. The van der Waals surface area contributed by atoms with Crippen LogP contribution in [0.5, 0.6) is 0 Å². The van der Waals surface area contributed by atoms with E-state index < -0.39 is 25.6 Å². The highest BCUT2D eigenvalue weighted by Gasteiger charge is 2.18. The first-order chi connectivity index (χ1) is 9.70. The fraction of sp³-hybridized carbons (Fsp3) is 0.400. The maximum Gasteiger partial charge on any atom is 0.299 e. The Hall–Kier alpha value is -2.27. The Bertz CT molecular complexity index is 645. The number of hydrogen-bond donors (Lipinski definition) is 2. The summed E-state index contributed by atoms with van der Waals surface area (Å²) >= 11 is 0. The van der Waals surface area contributed by atoms with Gasteiger partial charge in [0.1, 0.15) is 5.69 Å². The molecule has 116 valence electrons. The molecular weight excluding hydrogens is 304 g/mol. The smallest absolute Gasteiger partial charge is 0.299 e. The Labute approximate surface area is 120 Å². The molecule has 10 nitrogen and oxygen atoms in total. The van der Waals surface area contributed by atoms with Gasteiger partial charge < -0.3 is 5.32 Å². The highest BCUT2D eigenvalue weighted by molar-refractivity contribution is 7.88. The predicted octanol–water partition coefficient (Wildman–Crippen LogP) is 0.854. The number of nitro benzene ring substituents is 2. The number of nitrogens with zero attached hydrogens (tertiary/aromatic N) is 2. The van der Waals surface area contributed by atoms with Crippen molar-refractivity contribution in [3.8, 4) is 0 Å².